The summed E-state index contributed by atoms with van der Waals surface area (Å²) in [5, 5.41) is 0. The molecule has 0 radical (unpaired) electrons. The van der Waals surface area contributed by atoms with Crippen LogP contribution in [-0.2, 0) is 9.47 Å². The quantitative estimate of drug-likeness (QED) is 0.408. The van der Waals surface area contributed by atoms with Crippen molar-refractivity contribution in [2.75, 3.05) is 26.3 Å². The van der Waals surface area contributed by atoms with Crippen LogP contribution in [0.15, 0.2) is 4.99 Å². The van der Waals surface area contributed by atoms with Crippen molar-refractivity contribution < 1.29 is 9.47 Å². The first-order chi connectivity index (χ1) is 9.71. The highest BCUT2D eigenvalue weighted by Gasteiger charge is 2.66. The molecular formula is C15H26IN3O2. The Kier molecular flexibility index (Phi) is 4.40. The van der Waals surface area contributed by atoms with Gasteiger partial charge in [0.2, 0.25) is 0 Å². The molecule has 4 atom stereocenters. The molecule has 4 rings (SSSR count). The first-order valence-corrected chi connectivity index (χ1v) is 8.02. The van der Waals surface area contributed by atoms with Gasteiger partial charge in [-0.25, -0.2) is 4.99 Å². The number of halogens is 1. The lowest BCUT2D eigenvalue weighted by atomic mass is 9.46. The fourth-order valence-electron chi connectivity index (χ4n) is 4.64. The second-order valence-corrected chi connectivity index (χ2v) is 6.89. The van der Waals surface area contributed by atoms with Gasteiger partial charge in [-0.05, 0) is 26.2 Å². The molecule has 2 saturated carbocycles. The standard InChI is InChI=1S/C15H25N3O2.HI/c1-10-9-18(6-8-19-10)14(16)17-12-11-3-7-20-13(11)15(12)4-2-5-15;/h10-13H,2-9H2,1H3,(H2,16,17);1H. The van der Waals surface area contributed by atoms with Gasteiger partial charge >= 0.3 is 0 Å². The van der Waals surface area contributed by atoms with Crippen molar-refractivity contribution in [3.05, 3.63) is 0 Å². The summed E-state index contributed by atoms with van der Waals surface area (Å²) in [4.78, 5) is 7.13. The molecule has 120 valence electrons. The summed E-state index contributed by atoms with van der Waals surface area (Å²) in [7, 11) is 0. The number of fused-ring (bicyclic) bond motifs is 2. The van der Waals surface area contributed by atoms with E-state index in [0.717, 1.165) is 38.7 Å². The second kappa shape index (κ2) is 5.85. The maximum Gasteiger partial charge on any atom is 0.191 e. The smallest absolute Gasteiger partial charge is 0.191 e. The van der Waals surface area contributed by atoms with Crippen molar-refractivity contribution in [1.29, 1.82) is 0 Å². The zero-order valence-corrected chi connectivity index (χ0v) is 15.0. The van der Waals surface area contributed by atoms with Gasteiger partial charge in [0.25, 0.3) is 0 Å². The highest BCUT2D eigenvalue weighted by Crippen LogP contribution is 2.64. The number of hydrogen-bond acceptors (Lipinski definition) is 3. The highest BCUT2D eigenvalue weighted by atomic mass is 127. The van der Waals surface area contributed by atoms with Gasteiger partial charge in [0.15, 0.2) is 5.96 Å². The average molecular weight is 407 g/mol. The fraction of sp³-hybridized carbons (Fsp3) is 0.933. The number of guanidine groups is 1. The van der Waals surface area contributed by atoms with Crippen LogP contribution in [0.2, 0.25) is 0 Å². The zero-order valence-electron chi connectivity index (χ0n) is 12.7. The molecule has 4 aliphatic rings. The molecule has 2 N–H and O–H groups in total. The van der Waals surface area contributed by atoms with E-state index in [4.69, 9.17) is 20.2 Å². The molecule has 2 aliphatic heterocycles. The number of rotatable bonds is 1. The predicted octanol–water partition coefficient (Wildman–Crippen LogP) is 1.60. The van der Waals surface area contributed by atoms with Crippen LogP contribution in [0.5, 0.6) is 0 Å². The summed E-state index contributed by atoms with van der Waals surface area (Å²) in [6, 6.07) is 0.405. The summed E-state index contributed by atoms with van der Waals surface area (Å²) in [6.07, 6.45) is 5.76. The van der Waals surface area contributed by atoms with E-state index >= 15 is 0 Å². The second-order valence-electron chi connectivity index (χ2n) is 6.89. The summed E-state index contributed by atoms with van der Waals surface area (Å²) >= 11 is 0. The molecule has 5 nitrogen and oxygen atoms in total. The Balaban J connectivity index is 0.00000132. The maximum absolute atomic E-state index is 6.28. The molecule has 2 saturated heterocycles. The molecule has 1 spiro atoms. The Morgan fingerprint density at radius 2 is 2.10 bits per heavy atom. The molecule has 0 amide bonds. The first kappa shape index (κ1) is 15.8. The van der Waals surface area contributed by atoms with Gasteiger partial charge in [0.1, 0.15) is 0 Å². The molecule has 4 unspecified atom stereocenters. The Morgan fingerprint density at radius 1 is 1.29 bits per heavy atom. The van der Waals surface area contributed by atoms with Gasteiger partial charge in [-0.1, -0.05) is 6.42 Å². The third-order valence-corrected chi connectivity index (χ3v) is 5.82. The zero-order chi connectivity index (χ0) is 13.7. The molecule has 0 aromatic heterocycles. The van der Waals surface area contributed by atoms with Gasteiger partial charge in [0, 0.05) is 31.0 Å². The number of nitrogens with two attached hydrogens (primary N) is 1. The topological polar surface area (TPSA) is 60.1 Å². The largest absolute Gasteiger partial charge is 0.377 e. The van der Waals surface area contributed by atoms with Crippen LogP contribution >= 0.6 is 24.0 Å². The first-order valence-electron chi connectivity index (χ1n) is 8.02. The minimum Gasteiger partial charge on any atom is -0.377 e. The monoisotopic (exact) mass is 407 g/mol. The minimum absolute atomic E-state index is 0. The van der Waals surface area contributed by atoms with Gasteiger partial charge < -0.3 is 20.1 Å². The third-order valence-electron chi connectivity index (χ3n) is 5.82. The SMILES string of the molecule is CC1CN(C(N)=NC2C3CCOC3C23CCC3)CCO1.I. The molecule has 0 bridgehead atoms. The van der Waals surface area contributed by atoms with E-state index in [2.05, 4.69) is 11.8 Å². The number of nitrogens with zero attached hydrogens (tertiary/aromatic N) is 2. The van der Waals surface area contributed by atoms with E-state index < -0.39 is 0 Å². The summed E-state index contributed by atoms with van der Waals surface area (Å²) in [6.45, 7) is 5.49. The summed E-state index contributed by atoms with van der Waals surface area (Å²) in [5.74, 6) is 1.34. The third kappa shape index (κ3) is 2.37. The van der Waals surface area contributed by atoms with Crippen molar-refractivity contribution in [3.8, 4) is 0 Å². The number of hydrogen-bond donors (Lipinski definition) is 1. The molecule has 2 heterocycles. The van der Waals surface area contributed by atoms with Crippen LogP contribution < -0.4 is 5.73 Å². The van der Waals surface area contributed by atoms with Crippen molar-refractivity contribution in [1.82, 2.24) is 4.90 Å². The van der Waals surface area contributed by atoms with E-state index in [0.29, 0.717) is 23.5 Å². The van der Waals surface area contributed by atoms with Crippen molar-refractivity contribution in [2.24, 2.45) is 22.1 Å². The van der Waals surface area contributed by atoms with Crippen molar-refractivity contribution in [3.63, 3.8) is 0 Å². The van der Waals surface area contributed by atoms with Crippen molar-refractivity contribution >= 4 is 29.9 Å². The molecule has 4 fully saturated rings. The molecular weight excluding hydrogens is 381 g/mol. The van der Waals surface area contributed by atoms with Crippen LogP contribution in [0, 0.1) is 11.3 Å². The van der Waals surface area contributed by atoms with Crippen LogP contribution in [0.25, 0.3) is 0 Å². The predicted molar refractivity (Wildman–Crippen MR) is 91.9 cm³/mol. The maximum atomic E-state index is 6.28. The number of aliphatic imine (C=N–C) groups is 1. The average Bonchev–Trinajstić information content (AvgIpc) is 2.79. The Morgan fingerprint density at radius 3 is 2.76 bits per heavy atom. The van der Waals surface area contributed by atoms with Gasteiger partial charge in [0.05, 0.1) is 24.9 Å². The van der Waals surface area contributed by atoms with Crippen LogP contribution in [0.1, 0.15) is 32.6 Å². The summed E-state index contributed by atoms with van der Waals surface area (Å²) < 4.78 is 11.5. The molecule has 21 heavy (non-hydrogen) atoms. The van der Waals surface area contributed by atoms with Gasteiger partial charge in [-0.15, -0.1) is 24.0 Å². The van der Waals surface area contributed by atoms with E-state index in [1.807, 2.05) is 0 Å². The van der Waals surface area contributed by atoms with E-state index in [1.54, 1.807) is 0 Å². The Labute approximate surface area is 143 Å². The van der Waals surface area contributed by atoms with Gasteiger partial charge in [-0.2, -0.15) is 0 Å². The Hall–Kier alpha value is -0.0800. The van der Waals surface area contributed by atoms with Crippen LogP contribution in [-0.4, -0.2) is 55.4 Å². The molecule has 2 aliphatic carbocycles. The molecule has 0 aromatic carbocycles. The van der Waals surface area contributed by atoms with Gasteiger partial charge in [-0.3, -0.25) is 0 Å². The minimum atomic E-state index is 0. The lowest BCUT2D eigenvalue weighted by Gasteiger charge is -2.61. The van der Waals surface area contributed by atoms with Crippen LogP contribution in [0.4, 0.5) is 0 Å². The normalized spacial score (nSPS) is 41.0. The number of ether oxygens (including phenoxy) is 2. The Bertz CT molecular complexity index is 427. The lowest BCUT2D eigenvalue weighted by Crippen LogP contribution is -2.66. The highest BCUT2D eigenvalue weighted by molar-refractivity contribution is 14.0. The van der Waals surface area contributed by atoms with Crippen LogP contribution in [0.3, 0.4) is 0 Å². The summed E-state index contributed by atoms with van der Waals surface area (Å²) in [5.41, 5.74) is 6.62. The lowest BCUT2D eigenvalue weighted by molar-refractivity contribution is -0.164. The molecule has 0 aromatic rings. The molecule has 6 heteroatoms. The van der Waals surface area contributed by atoms with E-state index in [1.165, 1.54) is 19.3 Å². The van der Waals surface area contributed by atoms with E-state index in [9.17, 15) is 0 Å². The van der Waals surface area contributed by atoms with Crippen molar-refractivity contribution in [2.45, 2.75) is 50.9 Å². The van der Waals surface area contributed by atoms with E-state index in [-0.39, 0.29) is 30.1 Å². The number of morpholine rings is 1. The fourth-order valence-corrected chi connectivity index (χ4v) is 4.64.